The Morgan fingerprint density at radius 3 is 2.26 bits per heavy atom. The van der Waals surface area contributed by atoms with Crippen molar-refractivity contribution >= 4 is 5.52 Å². The number of benzene rings is 2. The summed E-state index contributed by atoms with van der Waals surface area (Å²) in [6.07, 6.45) is 4.69. The number of halogens is 3. The first-order valence-electron chi connectivity index (χ1n) is 18.7. The van der Waals surface area contributed by atoms with E-state index in [0.29, 0.717) is 76.4 Å². The van der Waals surface area contributed by atoms with Crippen molar-refractivity contribution < 1.29 is 27.4 Å². The summed E-state index contributed by atoms with van der Waals surface area (Å²) in [5.74, 6) is 1.19. The SMILES string of the molecule is Cn1cnnc1[C@H](c1cccc(-n2cc3c(C(F)(F)F)cc(CN4CCC(OCCOCc5ccc(COCCN)cc5)CC4)cn3c2=O)c1)C1CCC1. The third-order valence-corrected chi connectivity index (χ3v) is 10.6. The first-order valence-corrected chi connectivity index (χ1v) is 18.7. The van der Waals surface area contributed by atoms with Gasteiger partial charge >= 0.3 is 11.9 Å². The van der Waals surface area contributed by atoms with E-state index in [0.717, 1.165) is 59.0 Å². The van der Waals surface area contributed by atoms with Crippen molar-refractivity contribution in [1.82, 2.24) is 28.6 Å². The molecule has 0 spiro atoms. The van der Waals surface area contributed by atoms with Crippen LogP contribution in [0.25, 0.3) is 11.2 Å². The number of alkyl halides is 3. The van der Waals surface area contributed by atoms with Gasteiger partial charge in [0.25, 0.3) is 0 Å². The number of fused-ring (bicyclic) bond motifs is 1. The summed E-state index contributed by atoms with van der Waals surface area (Å²) >= 11 is 0. The number of aromatic nitrogens is 5. The summed E-state index contributed by atoms with van der Waals surface area (Å²) in [5, 5.41) is 8.47. The second-order valence-electron chi connectivity index (χ2n) is 14.4. The van der Waals surface area contributed by atoms with Gasteiger partial charge in [0, 0.05) is 51.5 Å². The summed E-state index contributed by atoms with van der Waals surface area (Å²) < 4.78 is 65.2. The topological polar surface area (TPSA) is 114 Å². The fourth-order valence-corrected chi connectivity index (χ4v) is 7.55. The van der Waals surface area contributed by atoms with Crippen molar-refractivity contribution in [2.45, 2.75) is 70.1 Å². The van der Waals surface area contributed by atoms with Crippen LogP contribution in [0.1, 0.15) is 71.7 Å². The quantitative estimate of drug-likeness (QED) is 0.125. The monoisotopic (exact) mass is 747 g/mol. The van der Waals surface area contributed by atoms with Crippen molar-refractivity contribution in [2.75, 3.05) is 39.5 Å². The molecule has 2 aromatic carbocycles. The molecule has 0 bridgehead atoms. The lowest BCUT2D eigenvalue weighted by molar-refractivity contribution is -0.136. The zero-order valence-corrected chi connectivity index (χ0v) is 30.6. The van der Waals surface area contributed by atoms with Crippen molar-refractivity contribution in [3.05, 3.63) is 117 Å². The van der Waals surface area contributed by atoms with E-state index in [1.807, 2.05) is 54.1 Å². The van der Waals surface area contributed by atoms with Crippen LogP contribution in [0.5, 0.6) is 0 Å². The second kappa shape index (κ2) is 17.0. The number of likely N-dealkylation sites (tertiary alicyclic amines) is 1. The Labute approximate surface area is 312 Å². The lowest BCUT2D eigenvalue weighted by Gasteiger charge is -2.33. The highest BCUT2D eigenvalue weighted by atomic mass is 19.4. The summed E-state index contributed by atoms with van der Waals surface area (Å²) in [7, 11) is 1.91. The van der Waals surface area contributed by atoms with Gasteiger partial charge in [-0.3, -0.25) is 13.9 Å². The lowest BCUT2D eigenvalue weighted by Crippen LogP contribution is -2.37. The van der Waals surface area contributed by atoms with Gasteiger partial charge < -0.3 is 24.5 Å². The van der Waals surface area contributed by atoms with Gasteiger partial charge in [0.2, 0.25) is 0 Å². The van der Waals surface area contributed by atoms with Crippen molar-refractivity contribution in [3.8, 4) is 5.69 Å². The average molecular weight is 748 g/mol. The summed E-state index contributed by atoms with van der Waals surface area (Å²) in [6, 6.07) is 16.7. The summed E-state index contributed by atoms with van der Waals surface area (Å²) in [5.41, 5.74) is 7.95. The third-order valence-electron chi connectivity index (χ3n) is 10.6. The highest BCUT2D eigenvalue weighted by Crippen LogP contribution is 2.43. The van der Waals surface area contributed by atoms with Crippen LogP contribution in [0.4, 0.5) is 13.2 Å². The van der Waals surface area contributed by atoms with E-state index in [9.17, 15) is 18.0 Å². The molecule has 54 heavy (non-hydrogen) atoms. The number of hydrogen-bond acceptors (Lipinski definition) is 8. The number of aryl methyl sites for hydroxylation is 1. The molecule has 1 aliphatic heterocycles. The van der Waals surface area contributed by atoms with Gasteiger partial charge in [0.05, 0.1) is 55.9 Å². The molecule has 7 rings (SSSR count). The molecular weight excluding hydrogens is 699 g/mol. The zero-order valence-electron chi connectivity index (χ0n) is 30.6. The Hall–Kier alpha value is -4.34. The molecule has 11 nitrogen and oxygen atoms in total. The molecule has 1 atom stereocenters. The highest BCUT2D eigenvalue weighted by molar-refractivity contribution is 5.58. The molecule has 2 fully saturated rings. The van der Waals surface area contributed by atoms with Crippen LogP contribution in [0.2, 0.25) is 0 Å². The number of hydrogen-bond donors (Lipinski definition) is 1. The normalized spacial score (nSPS) is 16.6. The van der Waals surface area contributed by atoms with Gasteiger partial charge in [-0.15, -0.1) is 10.2 Å². The molecule has 2 aliphatic rings. The molecule has 0 radical (unpaired) electrons. The Bertz CT molecular complexity index is 2050. The number of imidazole rings is 1. The first kappa shape index (κ1) is 38.0. The summed E-state index contributed by atoms with van der Waals surface area (Å²) in [4.78, 5) is 15.9. The number of nitrogens with zero attached hydrogens (tertiary/aromatic N) is 6. The molecule has 0 unspecified atom stereocenters. The number of rotatable bonds is 16. The molecule has 2 N–H and O–H groups in total. The minimum Gasteiger partial charge on any atom is -0.376 e. The molecule has 5 aromatic rings. The number of pyridine rings is 1. The van der Waals surface area contributed by atoms with Crippen LogP contribution in [-0.2, 0) is 47.2 Å². The molecular formula is C40H48F3N7O4. The van der Waals surface area contributed by atoms with E-state index >= 15 is 0 Å². The van der Waals surface area contributed by atoms with E-state index < -0.39 is 17.4 Å². The van der Waals surface area contributed by atoms with Crippen LogP contribution in [0.15, 0.2) is 78.1 Å². The number of piperidine rings is 1. The molecule has 1 saturated heterocycles. The van der Waals surface area contributed by atoms with E-state index in [1.165, 1.54) is 16.8 Å². The van der Waals surface area contributed by atoms with E-state index in [4.69, 9.17) is 19.9 Å². The maximum atomic E-state index is 14.5. The number of nitrogens with two attached hydrogens (primary N) is 1. The molecule has 3 aromatic heterocycles. The van der Waals surface area contributed by atoms with Gasteiger partial charge in [-0.05, 0) is 72.1 Å². The van der Waals surface area contributed by atoms with Gasteiger partial charge in [-0.2, -0.15) is 13.2 Å². The van der Waals surface area contributed by atoms with Crippen LogP contribution in [-0.4, -0.2) is 74.2 Å². The molecule has 4 heterocycles. The maximum Gasteiger partial charge on any atom is 0.418 e. The van der Waals surface area contributed by atoms with E-state index in [1.54, 1.807) is 18.6 Å². The predicted molar refractivity (Wildman–Crippen MR) is 197 cm³/mol. The maximum absolute atomic E-state index is 14.5. The number of ether oxygens (including phenoxy) is 3. The predicted octanol–water partition coefficient (Wildman–Crippen LogP) is 5.84. The standard InChI is InChI=1S/C40H48F3N7O4/c1-47-27-45-46-38(47)37(31-4-2-5-31)32-6-3-7-33(21-32)49-24-36-35(40(41,42)43)20-30(23-50(36)39(49)51)22-48-15-12-34(13-16-48)54-19-18-53-26-29-10-8-28(9-11-29)25-52-17-14-44/h3,6-11,20-21,23-24,27,31,34,37H,2,4-5,12-19,22,25-26,44H2,1H3/t37-/m0/s1. The molecule has 288 valence electrons. The Morgan fingerprint density at radius 1 is 0.907 bits per heavy atom. The first-order chi connectivity index (χ1) is 26.2. The van der Waals surface area contributed by atoms with Crippen molar-refractivity contribution in [1.29, 1.82) is 0 Å². The van der Waals surface area contributed by atoms with E-state index in [-0.39, 0.29) is 17.5 Å². The molecule has 1 saturated carbocycles. The highest BCUT2D eigenvalue weighted by Gasteiger charge is 2.36. The van der Waals surface area contributed by atoms with Gasteiger partial charge in [0.1, 0.15) is 12.2 Å². The van der Waals surface area contributed by atoms with Crippen molar-refractivity contribution in [3.63, 3.8) is 0 Å². The molecule has 1 aliphatic carbocycles. The fourth-order valence-electron chi connectivity index (χ4n) is 7.55. The Kier molecular flexibility index (Phi) is 11.9. The lowest BCUT2D eigenvalue weighted by atomic mass is 9.72. The summed E-state index contributed by atoms with van der Waals surface area (Å²) in [6.45, 7) is 4.61. The smallest absolute Gasteiger partial charge is 0.376 e. The van der Waals surface area contributed by atoms with Crippen LogP contribution in [0.3, 0.4) is 0 Å². The Balaban J connectivity index is 0.972. The largest absolute Gasteiger partial charge is 0.418 e. The van der Waals surface area contributed by atoms with E-state index in [2.05, 4.69) is 15.1 Å². The average Bonchev–Trinajstić information content (AvgIpc) is 3.72. The van der Waals surface area contributed by atoms with Crippen LogP contribution in [0, 0.1) is 5.92 Å². The fraction of sp³-hybridized carbons (Fsp3) is 0.475. The third kappa shape index (κ3) is 8.79. The van der Waals surface area contributed by atoms with Crippen molar-refractivity contribution in [2.24, 2.45) is 18.7 Å². The molecule has 0 amide bonds. The molecule has 14 heteroatoms. The van der Waals surface area contributed by atoms with Gasteiger partial charge in [-0.25, -0.2) is 4.79 Å². The Morgan fingerprint density at radius 2 is 1.63 bits per heavy atom. The van der Waals surface area contributed by atoms with Gasteiger partial charge in [0.15, 0.2) is 0 Å². The zero-order chi connectivity index (χ0) is 37.7. The van der Waals surface area contributed by atoms with Crippen LogP contribution < -0.4 is 11.4 Å². The minimum atomic E-state index is -4.64. The minimum absolute atomic E-state index is 0.0266. The second-order valence-corrected chi connectivity index (χ2v) is 14.4. The van der Waals surface area contributed by atoms with Crippen LogP contribution >= 0.6 is 0 Å². The van der Waals surface area contributed by atoms with Gasteiger partial charge in [-0.1, -0.05) is 42.8 Å².